The summed E-state index contributed by atoms with van der Waals surface area (Å²) in [5.74, 6) is 0. The number of nitrogens with zero attached hydrogens (tertiary/aromatic N) is 3. The second-order valence-corrected chi connectivity index (χ2v) is 5.29. The molecule has 0 aliphatic heterocycles. The highest BCUT2D eigenvalue weighted by molar-refractivity contribution is 9.10. The topological polar surface area (TPSA) is 56.2 Å². The monoisotopic (exact) mass is 280 g/mol. The van der Waals surface area contributed by atoms with Gasteiger partial charge in [0, 0.05) is 24.1 Å². The van der Waals surface area contributed by atoms with Crippen LogP contribution >= 0.6 is 15.9 Å². The Bertz CT molecular complexity index is 530. The fourth-order valence-corrected chi connectivity index (χ4v) is 2.26. The second kappa shape index (κ2) is 3.53. The predicted octanol–water partition coefficient (Wildman–Crippen LogP) is 1.92. The summed E-state index contributed by atoms with van der Waals surface area (Å²) in [5.41, 5.74) is 8.13. The lowest BCUT2D eigenvalue weighted by atomic mass is 10.1. The fourth-order valence-electron chi connectivity index (χ4n) is 1.85. The predicted molar refractivity (Wildman–Crippen MR) is 65.2 cm³/mol. The van der Waals surface area contributed by atoms with E-state index in [1.165, 1.54) is 0 Å². The van der Waals surface area contributed by atoms with E-state index in [0.29, 0.717) is 0 Å². The highest BCUT2D eigenvalue weighted by Gasteiger charge is 2.37. The van der Waals surface area contributed by atoms with Gasteiger partial charge in [0.1, 0.15) is 4.60 Å². The van der Waals surface area contributed by atoms with Gasteiger partial charge in [-0.15, -0.1) is 0 Å². The van der Waals surface area contributed by atoms with Crippen molar-refractivity contribution in [1.29, 1.82) is 0 Å². The molecule has 2 heterocycles. The van der Waals surface area contributed by atoms with Crippen molar-refractivity contribution >= 4 is 21.6 Å². The van der Waals surface area contributed by atoms with E-state index in [2.05, 4.69) is 25.9 Å². The number of aromatic nitrogens is 3. The minimum absolute atomic E-state index is 0.102. The van der Waals surface area contributed by atoms with Crippen LogP contribution in [0.2, 0.25) is 0 Å². The molecule has 0 unspecified atom stereocenters. The van der Waals surface area contributed by atoms with Gasteiger partial charge in [-0.2, -0.15) is 0 Å². The molecule has 0 aromatic carbocycles. The van der Waals surface area contributed by atoms with E-state index < -0.39 is 0 Å². The van der Waals surface area contributed by atoms with Gasteiger partial charge in [-0.05, 0) is 41.6 Å². The average molecular weight is 281 g/mol. The Morgan fingerprint density at radius 2 is 2.31 bits per heavy atom. The highest BCUT2D eigenvalue weighted by Crippen LogP contribution is 2.36. The maximum atomic E-state index is 6.06. The molecule has 0 amide bonds. The zero-order valence-electron chi connectivity index (χ0n) is 8.86. The van der Waals surface area contributed by atoms with E-state index in [-0.39, 0.29) is 5.54 Å². The molecule has 1 fully saturated rings. The molecule has 84 valence electrons. The van der Waals surface area contributed by atoms with Crippen molar-refractivity contribution in [3.05, 3.63) is 28.9 Å². The van der Waals surface area contributed by atoms with Crippen LogP contribution in [0.1, 0.15) is 25.0 Å². The third kappa shape index (κ3) is 1.85. The first-order valence-corrected chi connectivity index (χ1v) is 6.23. The Kier molecular flexibility index (Phi) is 2.26. The molecule has 1 aliphatic carbocycles. The molecule has 0 spiro atoms. The zero-order valence-corrected chi connectivity index (χ0v) is 10.4. The maximum absolute atomic E-state index is 6.06. The number of hydrogen-bond acceptors (Lipinski definition) is 3. The van der Waals surface area contributed by atoms with Gasteiger partial charge < -0.3 is 10.1 Å². The fraction of sp³-hybridized carbons (Fsp3) is 0.455. The van der Waals surface area contributed by atoms with Gasteiger partial charge in [-0.3, -0.25) is 0 Å². The minimum atomic E-state index is 0.102. The molecular formula is C11H13BrN4. The molecule has 0 bridgehead atoms. The number of rotatable bonds is 3. The summed E-state index contributed by atoms with van der Waals surface area (Å²) < 4.78 is 2.78. The van der Waals surface area contributed by atoms with Crippen molar-refractivity contribution in [2.24, 2.45) is 5.73 Å². The molecule has 0 radical (unpaired) electrons. The number of halogens is 1. The summed E-state index contributed by atoms with van der Waals surface area (Å²) >= 11 is 3.39. The normalized spacial score (nSPS) is 17.9. The molecule has 4 nitrogen and oxygen atoms in total. The smallest absolute Gasteiger partial charge is 0.170 e. The average Bonchev–Trinajstić information content (AvgIpc) is 2.84. The molecule has 1 aliphatic rings. The molecule has 1 saturated carbocycles. The quantitative estimate of drug-likeness (QED) is 0.935. The van der Waals surface area contributed by atoms with Crippen LogP contribution in [-0.4, -0.2) is 19.9 Å². The van der Waals surface area contributed by atoms with E-state index in [1.54, 1.807) is 6.20 Å². The van der Waals surface area contributed by atoms with Crippen molar-refractivity contribution < 1.29 is 0 Å². The van der Waals surface area contributed by atoms with Crippen molar-refractivity contribution in [2.45, 2.75) is 31.2 Å². The Morgan fingerprint density at radius 3 is 3.00 bits per heavy atom. The van der Waals surface area contributed by atoms with Crippen molar-refractivity contribution in [2.75, 3.05) is 0 Å². The highest BCUT2D eigenvalue weighted by atomic mass is 79.9. The van der Waals surface area contributed by atoms with Gasteiger partial charge in [-0.25, -0.2) is 9.97 Å². The Morgan fingerprint density at radius 1 is 1.50 bits per heavy atom. The summed E-state index contributed by atoms with van der Waals surface area (Å²) in [6.45, 7) is 0. The molecule has 16 heavy (non-hydrogen) atoms. The Balaban J connectivity index is 1.85. The molecule has 2 aromatic rings. The third-order valence-corrected chi connectivity index (χ3v) is 3.71. The third-order valence-electron chi connectivity index (χ3n) is 3.15. The van der Waals surface area contributed by atoms with Gasteiger partial charge >= 0.3 is 0 Å². The van der Waals surface area contributed by atoms with Crippen LogP contribution < -0.4 is 5.73 Å². The van der Waals surface area contributed by atoms with E-state index in [4.69, 9.17) is 5.73 Å². The molecular weight excluding hydrogens is 268 g/mol. The number of nitrogens with two attached hydrogens (primary N) is 1. The summed E-state index contributed by atoms with van der Waals surface area (Å²) in [4.78, 5) is 8.69. The first kappa shape index (κ1) is 10.2. The SMILES string of the molecule is NC1(CCc2cn3ccnc(Br)c3n2)CC1. The van der Waals surface area contributed by atoms with Crippen molar-refractivity contribution in [1.82, 2.24) is 14.4 Å². The summed E-state index contributed by atoms with van der Waals surface area (Å²) in [7, 11) is 0. The molecule has 2 aromatic heterocycles. The largest absolute Gasteiger partial charge is 0.325 e. The number of fused-ring (bicyclic) bond motifs is 1. The van der Waals surface area contributed by atoms with Gasteiger partial charge in [0.15, 0.2) is 5.65 Å². The van der Waals surface area contributed by atoms with Crippen molar-refractivity contribution in [3.63, 3.8) is 0 Å². The number of aryl methyl sites for hydroxylation is 1. The summed E-state index contributed by atoms with van der Waals surface area (Å²) in [6.07, 6.45) is 10.0. The molecule has 0 saturated heterocycles. The summed E-state index contributed by atoms with van der Waals surface area (Å²) in [6, 6.07) is 0. The Hall–Kier alpha value is -0.940. The minimum Gasteiger partial charge on any atom is -0.325 e. The number of imidazole rings is 1. The number of hydrogen-bond donors (Lipinski definition) is 1. The first-order valence-electron chi connectivity index (χ1n) is 5.43. The van der Waals surface area contributed by atoms with Crippen LogP contribution in [0, 0.1) is 0 Å². The lowest BCUT2D eigenvalue weighted by molar-refractivity contribution is 0.604. The van der Waals surface area contributed by atoms with Crippen LogP contribution in [-0.2, 0) is 6.42 Å². The lowest BCUT2D eigenvalue weighted by Gasteiger charge is -2.04. The zero-order chi connectivity index (χ0) is 11.2. The Labute approximate surface area is 102 Å². The van der Waals surface area contributed by atoms with Crippen LogP contribution in [0.5, 0.6) is 0 Å². The van der Waals surface area contributed by atoms with E-state index >= 15 is 0 Å². The lowest BCUT2D eigenvalue weighted by Crippen LogP contribution is -2.22. The second-order valence-electron chi connectivity index (χ2n) is 4.54. The van der Waals surface area contributed by atoms with Crippen molar-refractivity contribution in [3.8, 4) is 0 Å². The standard InChI is InChI=1S/C11H13BrN4/c12-9-10-15-8(1-2-11(13)3-4-11)7-16(10)6-5-14-9/h5-7H,1-4,13H2. The van der Waals surface area contributed by atoms with E-state index in [1.807, 2.05) is 16.8 Å². The van der Waals surface area contributed by atoms with Crippen LogP contribution in [0.15, 0.2) is 23.2 Å². The first-order chi connectivity index (χ1) is 7.66. The van der Waals surface area contributed by atoms with Gasteiger partial charge in [0.05, 0.1) is 5.69 Å². The summed E-state index contributed by atoms with van der Waals surface area (Å²) in [5, 5.41) is 0. The van der Waals surface area contributed by atoms with E-state index in [0.717, 1.165) is 41.6 Å². The molecule has 5 heteroatoms. The van der Waals surface area contributed by atoms with Crippen LogP contribution in [0.3, 0.4) is 0 Å². The maximum Gasteiger partial charge on any atom is 0.170 e. The van der Waals surface area contributed by atoms with E-state index in [9.17, 15) is 0 Å². The van der Waals surface area contributed by atoms with Gasteiger partial charge in [0.25, 0.3) is 0 Å². The van der Waals surface area contributed by atoms with Gasteiger partial charge in [0.2, 0.25) is 0 Å². The molecule has 0 atom stereocenters. The molecule has 2 N–H and O–H groups in total. The van der Waals surface area contributed by atoms with Crippen LogP contribution in [0.4, 0.5) is 0 Å². The van der Waals surface area contributed by atoms with Gasteiger partial charge in [-0.1, -0.05) is 0 Å². The molecule has 3 rings (SSSR count). The van der Waals surface area contributed by atoms with Crippen LogP contribution in [0.25, 0.3) is 5.65 Å².